The van der Waals surface area contributed by atoms with Crippen LogP contribution >= 0.6 is 23.8 Å². The SMILES string of the molecule is S=c1[nH]ncn1/N=C\c1c2ccccc2c(Cl)c2ccccc12. The lowest BCUT2D eigenvalue weighted by Gasteiger charge is -2.10. The monoisotopic (exact) mass is 338 g/mol. The van der Waals surface area contributed by atoms with E-state index in [0.717, 1.165) is 32.1 Å². The summed E-state index contributed by atoms with van der Waals surface area (Å²) in [4.78, 5) is 0. The van der Waals surface area contributed by atoms with Crippen molar-refractivity contribution in [3.8, 4) is 0 Å². The molecule has 0 saturated heterocycles. The number of halogens is 1. The number of aromatic nitrogens is 3. The van der Waals surface area contributed by atoms with Crippen molar-refractivity contribution in [2.75, 3.05) is 0 Å². The second-order valence-electron chi connectivity index (χ2n) is 5.07. The molecular weight excluding hydrogens is 328 g/mol. The molecule has 1 aromatic heterocycles. The van der Waals surface area contributed by atoms with Crippen LogP contribution in [-0.4, -0.2) is 21.1 Å². The first kappa shape index (κ1) is 14.1. The molecular formula is C17H11ClN4S. The zero-order valence-corrected chi connectivity index (χ0v) is 13.5. The number of rotatable bonds is 2. The van der Waals surface area contributed by atoms with Crippen LogP contribution in [0.15, 0.2) is 60.0 Å². The molecule has 0 saturated carbocycles. The standard InChI is InChI=1S/C17H11ClN4S/c18-16-13-7-3-1-5-11(13)15(12-6-2-4-8-14(12)16)9-20-22-10-19-21-17(22)23/h1-10H,(H,21,23)/b20-9-. The van der Waals surface area contributed by atoms with Gasteiger partial charge in [-0.15, -0.1) is 0 Å². The number of aromatic amines is 1. The third-order valence-corrected chi connectivity index (χ3v) is 4.44. The summed E-state index contributed by atoms with van der Waals surface area (Å²) in [6.45, 7) is 0. The van der Waals surface area contributed by atoms with Crippen LogP contribution in [0.2, 0.25) is 5.02 Å². The maximum absolute atomic E-state index is 6.59. The largest absolute Gasteiger partial charge is 0.250 e. The number of H-pyrrole nitrogens is 1. The van der Waals surface area contributed by atoms with Gasteiger partial charge >= 0.3 is 0 Å². The van der Waals surface area contributed by atoms with Crippen LogP contribution in [0.25, 0.3) is 21.5 Å². The molecule has 4 aromatic rings. The fourth-order valence-electron chi connectivity index (χ4n) is 2.69. The first-order valence-corrected chi connectivity index (χ1v) is 7.79. The van der Waals surface area contributed by atoms with E-state index >= 15 is 0 Å². The molecule has 0 unspecified atom stereocenters. The maximum atomic E-state index is 6.59. The fraction of sp³-hybridized carbons (Fsp3) is 0. The minimum absolute atomic E-state index is 0.448. The van der Waals surface area contributed by atoms with Crippen molar-refractivity contribution in [1.29, 1.82) is 0 Å². The molecule has 0 radical (unpaired) electrons. The first-order valence-electron chi connectivity index (χ1n) is 7.01. The summed E-state index contributed by atoms with van der Waals surface area (Å²) in [6, 6.07) is 16.1. The highest BCUT2D eigenvalue weighted by molar-refractivity contribution is 7.71. The highest BCUT2D eigenvalue weighted by atomic mass is 35.5. The lowest BCUT2D eigenvalue weighted by atomic mass is 9.97. The summed E-state index contributed by atoms with van der Waals surface area (Å²) in [5.74, 6) is 0. The van der Waals surface area contributed by atoms with E-state index in [4.69, 9.17) is 23.8 Å². The zero-order chi connectivity index (χ0) is 15.8. The van der Waals surface area contributed by atoms with Gasteiger partial charge in [0.1, 0.15) is 6.33 Å². The summed E-state index contributed by atoms with van der Waals surface area (Å²) in [5.41, 5.74) is 1.00. The fourth-order valence-corrected chi connectivity index (χ4v) is 3.17. The van der Waals surface area contributed by atoms with Gasteiger partial charge in [0.15, 0.2) is 0 Å². The maximum Gasteiger partial charge on any atom is 0.216 e. The van der Waals surface area contributed by atoms with Gasteiger partial charge in [0.05, 0.1) is 11.2 Å². The molecule has 1 heterocycles. The normalized spacial score (nSPS) is 11.7. The molecule has 0 amide bonds. The van der Waals surface area contributed by atoms with E-state index in [2.05, 4.69) is 15.3 Å². The van der Waals surface area contributed by atoms with Crippen LogP contribution in [0.3, 0.4) is 0 Å². The van der Waals surface area contributed by atoms with Gasteiger partial charge in [0, 0.05) is 16.3 Å². The molecule has 112 valence electrons. The Morgan fingerprint density at radius 2 is 1.57 bits per heavy atom. The molecule has 0 bridgehead atoms. The number of fused-ring (bicyclic) bond motifs is 2. The van der Waals surface area contributed by atoms with Crippen molar-refractivity contribution in [2.24, 2.45) is 5.10 Å². The molecule has 0 fully saturated rings. The Balaban J connectivity index is 2.07. The Labute approximate surface area is 142 Å². The molecule has 0 spiro atoms. The molecule has 1 N–H and O–H groups in total. The van der Waals surface area contributed by atoms with E-state index in [1.807, 2.05) is 48.5 Å². The number of benzene rings is 3. The molecule has 6 heteroatoms. The van der Waals surface area contributed by atoms with Gasteiger partial charge in [-0.05, 0) is 23.0 Å². The molecule has 4 nitrogen and oxygen atoms in total. The van der Waals surface area contributed by atoms with Crippen molar-refractivity contribution in [1.82, 2.24) is 14.9 Å². The van der Waals surface area contributed by atoms with Gasteiger partial charge in [0.25, 0.3) is 0 Å². The smallest absolute Gasteiger partial charge is 0.216 e. The van der Waals surface area contributed by atoms with Gasteiger partial charge in [0.2, 0.25) is 4.77 Å². The third kappa shape index (κ3) is 2.34. The van der Waals surface area contributed by atoms with Crippen LogP contribution in [0.1, 0.15) is 5.56 Å². The third-order valence-electron chi connectivity index (χ3n) is 3.75. The van der Waals surface area contributed by atoms with Crippen LogP contribution in [0.5, 0.6) is 0 Å². The highest BCUT2D eigenvalue weighted by Crippen LogP contribution is 2.35. The van der Waals surface area contributed by atoms with E-state index in [1.54, 1.807) is 12.5 Å². The molecule has 3 aromatic carbocycles. The Bertz CT molecular complexity index is 1050. The first-order chi connectivity index (χ1) is 11.3. The van der Waals surface area contributed by atoms with Gasteiger partial charge in [-0.25, -0.2) is 0 Å². The molecule has 0 aliphatic carbocycles. The zero-order valence-electron chi connectivity index (χ0n) is 11.9. The molecule has 4 rings (SSSR count). The van der Waals surface area contributed by atoms with Crippen LogP contribution < -0.4 is 0 Å². The summed E-state index contributed by atoms with van der Waals surface area (Å²) >= 11 is 11.7. The highest BCUT2D eigenvalue weighted by Gasteiger charge is 2.10. The molecule has 0 aliphatic heterocycles. The van der Waals surface area contributed by atoms with Gasteiger partial charge in [-0.3, -0.25) is 5.10 Å². The van der Waals surface area contributed by atoms with Crippen molar-refractivity contribution in [2.45, 2.75) is 0 Å². The van der Waals surface area contributed by atoms with Crippen LogP contribution in [-0.2, 0) is 0 Å². The molecule has 23 heavy (non-hydrogen) atoms. The minimum Gasteiger partial charge on any atom is -0.250 e. The second kappa shape index (κ2) is 5.61. The lowest BCUT2D eigenvalue weighted by molar-refractivity contribution is 0.863. The Morgan fingerprint density at radius 1 is 1.00 bits per heavy atom. The summed E-state index contributed by atoms with van der Waals surface area (Å²) < 4.78 is 1.97. The van der Waals surface area contributed by atoms with Crippen LogP contribution in [0, 0.1) is 4.77 Å². The molecule has 0 aliphatic rings. The van der Waals surface area contributed by atoms with Crippen molar-refractivity contribution in [3.63, 3.8) is 0 Å². The second-order valence-corrected chi connectivity index (χ2v) is 5.83. The summed E-state index contributed by atoms with van der Waals surface area (Å²) in [5, 5.41) is 15.8. The van der Waals surface area contributed by atoms with Gasteiger partial charge in [-0.1, -0.05) is 60.1 Å². The average Bonchev–Trinajstić information content (AvgIpc) is 3.00. The van der Waals surface area contributed by atoms with Crippen molar-refractivity contribution >= 4 is 51.6 Å². The Kier molecular flexibility index (Phi) is 3.44. The predicted octanol–water partition coefficient (Wildman–Crippen LogP) is 4.78. The number of hydrogen-bond donors (Lipinski definition) is 1. The predicted molar refractivity (Wildman–Crippen MR) is 96.9 cm³/mol. The number of nitrogens with zero attached hydrogens (tertiary/aromatic N) is 3. The lowest BCUT2D eigenvalue weighted by Crippen LogP contribution is -1.93. The van der Waals surface area contributed by atoms with Gasteiger partial charge < -0.3 is 0 Å². The average molecular weight is 339 g/mol. The van der Waals surface area contributed by atoms with Crippen molar-refractivity contribution < 1.29 is 0 Å². The van der Waals surface area contributed by atoms with E-state index in [9.17, 15) is 0 Å². The van der Waals surface area contributed by atoms with E-state index < -0.39 is 0 Å². The Morgan fingerprint density at radius 3 is 2.09 bits per heavy atom. The summed E-state index contributed by atoms with van der Waals surface area (Å²) in [6.07, 6.45) is 3.34. The number of hydrogen-bond acceptors (Lipinski definition) is 3. The minimum atomic E-state index is 0.448. The topological polar surface area (TPSA) is 46.0 Å². The quantitative estimate of drug-likeness (QED) is 0.325. The van der Waals surface area contributed by atoms with Crippen molar-refractivity contribution in [3.05, 3.63) is 70.2 Å². The number of nitrogens with one attached hydrogen (secondary N) is 1. The van der Waals surface area contributed by atoms with Crippen LogP contribution in [0.4, 0.5) is 0 Å². The van der Waals surface area contributed by atoms with E-state index in [0.29, 0.717) is 4.77 Å². The van der Waals surface area contributed by atoms with E-state index in [1.165, 1.54) is 4.68 Å². The van der Waals surface area contributed by atoms with Gasteiger partial charge in [-0.2, -0.15) is 14.9 Å². The Hall–Kier alpha value is -2.50. The van der Waals surface area contributed by atoms with E-state index in [-0.39, 0.29) is 0 Å². The summed E-state index contributed by atoms with van der Waals surface area (Å²) in [7, 11) is 0. The molecule has 0 atom stereocenters.